The molecule has 1 aromatic rings. The van der Waals surface area contributed by atoms with Crippen LogP contribution >= 0.6 is 11.6 Å². The van der Waals surface area contributed by atoms with E-state index in [9.17, 15) is 4.39 Å². The summed E-state index contributed by atoms with van der Waals surface area (Å²) in [5.74, 6) is -0.331. The normalized spacial score (nSPS) is 18.6. The van der Waals surface area contributed by atoms with Crippen molar-refractivity contribution in [2.24, 2.45) is 0 Å². The smallest absolute Gasteiger partial charge is 0.145 e. The Bertz CT molecular complexity index is 360. The maximum absolute atomic E-state index is 13.6. The predicted octanol–water partition coefficient (Wildman–Crippen LogP) is 2.01. The first-order valence-electron chi connectivity index (χ1n) is 4.86. The second kappa shape index (κ2) is 4.08. The summed E-state index contributed by atoms with van der Waals surface area (Å²) >= 11 is 5.72. The highest BCUT2D eigenvalue weighted by Crippen LogP contribution is 2.26. The fourth-order valence-electron chi connectivity index (χ4n) is 1.78. The van der Waals surface area contributed by atoms with Crippen molar-refractivity contribution >= 4 is 11.6 Å². The SMILES string of the molecule is COC1(Cc2cccc(Cl)c2F)CNC1. The summed E-state index contributed by atoms with van der Waals surface area (Å²) in [6.45, 7) is 1.52. The summed E-state index contributed by atoms with van der Waals surface area (Å²) in [5.41, 5.74) is 0.358. The molecule has 0 aliphatic carbocycles. The minimum absolute atomic E-state index is 0.172. The molecule has 1 heterocycles. The van der Waals surface area contributed by atoms with Crippen molar-refractivity contribution < 1.29 is 9.13 Å². The average molecular weight is 230 g/mol. The summed E-state index contributed by atoms with van der Waals surface area (Å²) in [6.07, 6.45) is 0.558. The number of nitrogens with one attached hydrogen (secondary N) is 1. The Morgan fingerprint density at radius 1 is 1.53 bits per heavy atom. The summed E-state index contributed by atoms with van der Waals surface area (Å²) in [4.78, 5) is 0. The van der Waals surface area contributed by atoms with E-state index in [1.54, 1.807) is 25.3 Å². The molecule has 15 heavy (non-hydrogen) atoms. The van der Waals surface area contributed by atoms with E-state index >= 15 is 0 Å². The molecular formula is C11H13ClFNO. The van der Waals surface area contributed by atoms with Crippen LogP contribution in [0.25, 0.3) is 0 Å². The van der Waals surface area contributed by atoms with Crippen LogP contribution in [-0.2, 0) is 11.2 Å². The Balaban J connectivity index is 2.20. The minimum atomic E-state index is -0.331. The van der Waals surface area contributed by atoms with Gasteiger partial charge in [-0.3, -0.25) is 0 Å². The van der Waals surface area contributed by atoms with Crippen molar-refractivity contribution in [1.82, 2.24) is 5.32 Å². The first kappa shape index (κ1) is 10.9. The molecule has 0 spiro atoms. The topological polar surface area (TPSA) is 21.3 Å². The van der Waals surface area contributed by atoms with Gasteiger partial charge in [-0.1, -0.05) is 23.7 Å². The van der Waals surface area contributed by atoms with Gasteiger partial charge in [0, 0.05) is 26.6 Å². The molecule has 2 nitrogen and oxygen atoms in total. The van der Waals surface area contributed by atoms with Crippen LogP contribution in [0, 0.1) is 5.82 Å². The van der Waals surface area contributed by atoms with E-state index in [-0.39, 0.29) is 16.4 Å². The van der Waals surface area contributed by atoms with Gasteiger partial charge in [0.1, 0.15) is 5.82 Å². The third-order valence-electron chi connectivity index (χ3n) is 2.87. The number of methoxy groups -OCH3 is 1. The quantitative estimate of drug-likeness (QED) is 0.856. The summed E-state index contributed by atoms with van der Waals surface area (Å²) in [5, 5.41) is 3.30. The molecule has 1 N–H and O–H groups in total. The Kier molecular flexibility index (Phi) is 2.96. The number of benzene rings is 1. The third-order valence-corrected chi connectivity index (χ3v) is 3.16. The van der Waals surface area contributed by atoms with Gasteiger partial charge in [-0.2, -0.15) is 0 Å². The average Bonchev–Trinajstić information content (AvgIpc) is 2.18. The largest absolute Gasteiger partial charge is 0.375 e. The zero-order valence-corrected chi connectivity index (χ0v) is 9.27. The lowest BCUT2D eigenvalue weighted by Crippen LogP contribution is -2.62. The molecule has 0 unspecified atom stereocenters. The molecular weight excluding hydrogens is 217 g/mol. The molecule has 4 heteroatoms. The van der Waals surface area contributed by atoms with E-state index in [1.807, 2.05) is 0 Å². The Hall–Kier alpha value is -0.640. The first-order valence-corrected chi connectivity index (χ1v) is 5.23. The monoisotopic (exact) mass is 229 g/mol. The standard InChI is InChI=1S/C11H13ClFNO/c1-15-11(6-14-7-11)5-8-3-2-4-9(12)10(8)13/h2-4,14H,5-7H2,1H3. The molecule has 1 saturated heterocycles. The van der Waals surface area contributed by atoms with Crippen molar-refractivity contribution in [3.05, 3.63) is 34.6 Å². The number of rotatable bonds is 3. The molecule has 1 aliphatic heterocycles. The van der Waals surface area contributed by atoms with Crippen molar-refractivity contribution in [3.63, 3.8) is 0 Å². The lowest BCUT2D eigenvalue weighted by Gasteiger charge is -2.41. The molecule has 0 radical (unpaired) electrons. The van der Waals surface area contributed by atoms with Crippen LogP contribution < -0.4 is 5.32 Å². The van der Waals surface area contributed by atoms with Gasteiger partial charge in [0.15, 0.2) is 0 Å². The highest BCUT2D eigenvalue weighted by molar-refractivity contribution is 6.30. The molecule has 0 amide bonds. The lowest BCUT2D eigenvalue weighted by atomic mass is 9.88. The van der Waals surface area contributed by atoms with E-state index in [2.05, 4.69) is 5.32 Å². The number of hydrogen-bond donors (Lipinski definition) is 1. The van der Waals surface area contributed by atoms with Gasteiger partial charge in [0.2, 0.25) is 0 Å². The van der Waals surface area contributed by atoms with Crippen molar-refractivity contribution in [3.8, 4) is 0 Å². The maximum Gasteiger partial charge on any atom is 0.145 e. The summed E-state index contributed by atoms with van der Waals surface area (Å²) in [6, 6.07) is 5.06. The minimum Gasteiger partial charge on any atom is -0.375 e. The van der Waals surface area contributed by atoms with Gasteiger partial charge in [-0.25, -0.2) is 4.39 Å². The number of hydrogen-bond acceptors (Lipinski definition) is 2. The number of ether oxygens (including phenoxy) is 1. The van der Waals surface area contributed by atoms with Crippen molar-refractivity contribution in [2.75, 3.05) is 20.2 Å². The molecule has 1 aliphatic rings. The van der Waals surface area contributed by atoms with Crippen LogP contribution in [0.4, 0.5) is 4.39 Å². The molecule has 2 rings (SSSR count). The molecule has 0 aromatic heterocycles. The number of halogens is 2. The Morgan fingerprint density at radius 3 is 2.80 bits per heavy atom. The van der Waals surface area contributed by atoms with Crippen LogP contribution in [0.15, 0.2) is 18.2 Å². The first-order chi connectivity index (χ1) is 7.17. The third kappa shape index (κ3) is 2.00. The van der Waals surface area contributed by atoms with E-state index < -0.39 is 0 Å². The predicted molar refractivity (Wildman–Crippen MR) is 57.7 cm³/mol. The summed E-state index contributed by atoms with van der Waals surface area (Å²) in [7, 11) is 1.66. The Morgan fingerprint density at radius 2 is 2.27 bits per heavy atom. The van der Waals surface area contributed by atoms with Crippen molar-refractivity contribution in [2.45, 2.75) is 12.0 Å². The fourth-order valence-corrected chi connectivity index (χ4v) is 1.97. The highest BCUT2D eigenvalue weighted by atomic mass is 35.5. The van der Waals surface area contributed by atoms with Gasteiger partial charge >= 0.3 is 0 Å². The molecule has 1 aromatic carbocycles. The van der Waals surface area contributed by atoms with Crippen LogP contribution in [-0.4, -0.2) is 25.8 Å². The van der Waals surface area contributed by atoms with Crippen LogP contribution in [0.1, 0.15) is 5.56 Å². The second-order valence-corrected chi connectivity index (χ2v) is 4.29. The Labute approximate surface area is 93.4 Å². The zero-order valence-electron chi connectivity index (χ0n) is 8.52. The van der Waals surface area contributed by atoms with Gasteiger partial charge in [0.05, 0.1) is 10.6 Å². The van der Waals surface area contributed by atoms with Gasteiger partial charge in [0.25, 0.3) is 0 Å². The van der Waals surface area contributed by atoms with Crippen molar-refractivity contribution in [1.29, 1.82) is 0 Å². The van der Waals surface area contributed by atoms with Crippen LogP contribution in [0.5, 0.6) is 0 Å². The van der Waals surface area contributed by atoms with E-state index in [1.165, 1.54) is 0 Å². The van der Waals surface area contributed by atoms with Crippen LogP contribution in [0.2, 0.25) is 5.02 Å². The van der Waals surface area contributed by atoms with E-state index in [0.29, 0.717) is 12.0 Å². The highest BCUT2D eigenvalue weighted by Gasteiger charge is 2.37. The molecule has 1 fully saturated rings. The van der Waals surface area contributed by atoms with E-state index in [4.69, 9.17) is 16.3 Å². The van der Waals surface area contributed by atoms with Crippen LogP contribution in [0.3, 0.4) is 0 Å². The molecule has 0 bridgehead atoms. The van der Waals surface area contributed by atoms with E-state index in [0.717, 1.165) is 13.1 Å². The maximum atomic E-state index is 13.6. The lowest BCUT2D eigenvalue weighted by molar-refractivity contribution is -0.0507. The van der Waals surface area contributed by atoms with Gasteiger partial charge in [-0.15, -0.1) is 0 Å². The molecule has 82 valence electrons. The van der Waals surface area contributed by atoms with Gasteiger partial charge in [-0.05, 0) is 11.6 Å². The second-order valence-electron chi connectivity index (χ2n) is 3.88. The summed E-state index contributed by atoms with van der Waals surface area (Å²) < 4.78 is 19.0. The molecule has 0 atom stereocenters. The van der Waals surface area contributed by atoms with Gasteiger partial charge < -0.3 is 10.1 Å². The fraction of sp³-hybridized carbons (Fsp3) is 0.455. The zero-order chi connectivity index (χ0) is 10.9. The molecule has 0 saturated carbocycles.